The highest BCUT2D eigenvalue weighted by molar-refractivity contribution is 6.31. The van der Waals surface area contributed by atoms with Crippen LogP contribution in [0, 0.1) is 5.92 Å². The van der Waals surface area contributed by atoms with Crippen LogP contribution < -0.4 is 16.8 Å². The molecule has 2 atom stereocenters. The summed E-state index contributed by atoms with van der Waals surface area (Å²) in [5.74, 6) is -3.54. The van der Waals surface area contributed by atoms with Gasteiger partial charge in [-0.05, 0) is 38.3 Å². The van der Waals surface area contributed by atoms with Crippen LogP contribution in [0.5, 0.6) is 0 Å². The Morgan fingerprint density at radius 3 is 2.45 bits per heavy atom. The summed E-state index contributed by atoms with van der Waals surface area (Å²) < 4.78 is 5.11. The van der Waals surface area contributed by atoms with E-state index in [-0.39, 0.29) is 18.9 Å². The van der Waals surface area contributed by atoms with E-state index in [0.29, 0.717) is 42.9 Å². The van der Waals surface area contributed by atoms with Crippen LogP contribution in [0.25, 0.3) is 0 Å². The fraction of sp³-hybridized carbons (Fsp3) is 0.550. The van der Waals surface area contributed by atoms with Gasteiger partial charge in [-0.15, -0.1) is 0 Å². The van der Waals surface area contributed by atoms with Gasteiger partial charge in [-0.25, -0.2) is 0 Å². The van der Waals surface area contributed by atoms with Crippen molar-refractivity contribution in [2.75, 3.05) is 13.1 Å². The normalized spacial score (nSPS) is 12.8. The summed E-state index contributed by atoms with van der Waals surface area (Å²) in [5.41, 5.74) is 11.8. The Hall–Kier alpha value is -2.16. The molecule has 0 aliphatic carbocycles. The minimum absolute atomic E-state index is 0.0829. The number of carboxylic acid groups (broad SMARTS) is 1. The fourth-order valence-electron chi connectivity index (χ4n) is 2.66. The standard InChI is InChI=1S/C20H30ClN3O5/c21-16-9-2-1-7-14(16)13-29-20(28)15(19(26)27)8-4-6-12-24-18(25)17(23)10-3-5-11-22/h1-2,7,9,15,17H,3-6,8,10-13,22-23H2,(H,24,25)(H,26,27)/t15?,17-/m0/s1. The zero-order valence-corrected chi connectivity index (χ0v) is 17.2. The second-order valence-electron chi connectivity index (χ2n) is 6.77. The largest absolute Gasteiger partial charge is 0.481 e. The van der Waals surface area contributed by atoms with Crippen molar-refractivity contribution in [1.29, 1.82) is 0 Å². The molecule has 1 amide bonds. The zero-order valence-electron chi connectivity index (χ0n) is 16.4. The highest BCUT2D eigenvalue weighted by Gasteiger charge is 2.27. The van der Waals surface area contributed by atoms with Gasteiger partial charge in [0.15, 0.2) is 5.92 Å². The van der Waals surface area contributed by atoms with Gasteiger partial charge in [0, 0.05) is 17.1 Å². The number of amides is 1. The summed E-state index contributed by atoms with van der Waals surface area (Å²) in [6, 6.07) is 6.29. The monoisotopic (exact) mass is 427 g/mol. The number of carbonyl (C=O) groups excluding carboxylic acids is 2. The van der Waals surface area contributed by atoms with Crippen LogP contribution in [0.3, 0.4) is 0 Å². The summed E-state index contributed by atoms with van der Waals surface area (Å²) in [5, 5.41) is 12.5. The molecule has 1 aromatic rings. The number of carbonyl (C=O) groups is 3. The molecule has 0 fully saturated rings. The van der Waals surface area contributed by atoms with Crippen LogP contribution in [0.1, 0.15) is 44.1 Å². The Morgan fingerprint density at radius 2 is 1.79 bits per heavy atom. The molecule has 0 aromatic heterocycles. The maximum atomic E-state index is 12.1. The van der Waals surface area contributed by atoms with E-state index >= 15 is 0 Å². The van der Waals surface area contributed by atoms with Crippen LogP contribution in [0.2, 0.25) is 5.02 Å². The molecule has 0 saturated carbocycles. The number of ether oxygens (including phenoxy) is 1. The first kappa shape index (κ1) is 24.9. The van der Waals surface area contributed by atoms with Crippen molar-refractivity contribution >= 4 is 29.4 Å². The molecule has 29 heavy (non-hydrogen) atoms. The number of aliphatic carboxylic acids is 1. The van der Waals surface area contributed by atoms with Crippen LogP contribution >= 0.6 is 11.6 Å². The van der Waals surface area contributed by atoms with E-state index in [1.165, 1.54) is 0 Å². The lowest BCUT2D eigenvalue weighted by Gasteiger charge is -2.14. The van der Waals surface area contributed by atoms with E-state index in [1.807, 2.05) is 0 Å². The molecule has 0 bridgehead atoms. The van der Waals surface area contributed by atoms with Crippen molar-refractivity contribution in [3.8, 4) is 0 Å². The number of nitrogens with two attached hydrogens (primary N) is 2. The molecular formula is C20H30ClN3O5. The number of hydrogen-bond acceptors (Lipinski definition) is 6. The molecule has 0 spiro atoms. The van der Waals surface area contributed by atoms with Crippen LogP contribution in [0.15, 0.2) is 24.3 Å². The predicted molar refractivity (Wildman–Crippen MR) is 110 cm³/mol. The molecule has 1 unspecified atom stereocenters. The number of rotatable bonds is 14. The van der Waals surface area contributed by atoms with Gasteiger partial charge in [0.25, 0.3) is 0 Å². The highest BCUT2D eigenvalue weighted by Crippen LogP contribution is 2.18. The average molecular weight is 428 g/mol. The third kappa shape index (κ3) is 9.74. The van der Waals surface area contributed by atoms with Gasteiger partial charge in [0.05, 0.1) is 6.04 Å². The summed E-state index contributed by atoms with van der Waals surface area (Å²) in [6.45, 7) is 0.852. The molecule has 0 aliphatic heterocycles. The fourth-order valence-corrected chi connectivity index (χ4v) is 2.85. The molecule has 6 N–H and O–H groups in total. The third-order valence-electron chi connectivity index (χ3n) is 4.44. The van der Waals surface area contributed by atoms with Crippen molar-refractivity contribution in [3.63, 3.8) is 0 Å². The number of hydrogen-bond donors (Lipinski definition) is 4. The number of benzene rings is 1. The number of unbranched alkanes of at least 4 members (excludes halogenated alkanes) is 2. The van der Waals surface area contributed by atoms with Crippen molar-refractivity contribution in [1.82, 2.24) is 5.32 Å². The second kappa shape index (κ2) is 13.9. The minimum Gasteiger partial charge on any atom is -0.481 e. The molecule has 0 aliphatic rings. The van der Waals surface area contributed by atoms with E-state index < -0.39 is 23.9 Å². The topological polar surface area (TPSA) is 145 Å². The number of esters is 1. The predicted octanol–water partition coefficient (Wildman–Crippen LogP) is 1.83. The zero-order chi connectivity index (χ0) is 21.6. The van der Waals surface area contributed by atoms with Crippen molar-refractivity contribution in [2.45, 2.75) is 51.2 Å². The Balaban J connectivity index is 2.32. The van der Waals surface area contributed by atoms with Gasteiger partial charge in [0.1, 0.15) is 6.61 Å². The first-order valence-electron chi connectivity index (χ1n) is 9.73. The SMILES string of the molecule is NCCCC[C@H](N)C(=O)NCCCCC(C(=O)O)C(=O)OCc1ccccc1Cl. The highest BCUT2D eigenvalue weighted by atomic mass is 35.5. The molecule has 162 valence electrons. The van der Waals surface area contributed by atoms with E-state index in [4.69, 9.17) is 27.8 Å². The second-order valence-corrected chi connectivity index (χ2v) is 7.17. The van der Waals surface area contributed by atoms with E-state index in [9.17, 15) is 19.5 Å². The van der Waals surface area contributed by atoms with Crippen molar-refractivity contribution in [2.24, 2.45) is 17.4 Å². The molecule has 8 nitrogen and oxygen atoms in total. The maximum Gasteiger partial charge on any atom is 0.320 e. The molecule has 0 radical (unpaired) electrons. The molecule has 0 heterocycles. The Morgan fingerprint density at radius 1 is 1.10 bits per heavy atom. The van der Waals surface area contributed by atoms with E-state index in [2.05, 4.69) is 5.32 Å². The molecule has 1 aromatic carbocycles. The van der Waals surface area contributed by atoms with E-state index in [0.717, 1.165) is 12.8 Å². The first-order chi connectivity index (χ1) is 13.9. The lowest BCUT2D eigenvalue weighted by molar-refractivity contribution is -0.160. The number of nitrogens with one attached hydrogen (secondary N) is 1. The summed E-state index contributed by atoms with van der Waals surface area (Å²) in [7, 11) is 0. The van der Waals surface area contributed by atoms with Gasteiger partial charge < -0.3 is 26.6 Å². The Kier molecular flexibility index (Phi) is 11.9. The molecular weight excluding hydrogens is 398 g/mol. The van der Waals surface area contributed by atoms with Gasteiger partial charge in [-0.1, -0.05) is 42.6 Å². The maximum absolute atomic E-state index is 12.1. The van der Waals surface area contributed by atoms with E-state index in [1.54, 1.807) is 24.3 Å². The summed E-state index contributed by atoms with van der Waals surface area (Å²) in [4.78, 5) is 35.3. The summed E-state index contributed by atoms with van der Waals surface area (Å²) in [6.07, 6.45) is 3.28. The molecule has 1 rings (SSSR count). The van der Waals surface area contributed by atoms with Gasteiger partial charge in [-0.2, -0.15) is 0 Å². The third-order valence-corrected chi connectivity index (χ3v) is 4.80. The van der Waals surface area contributed by atoms with Gasteiger partial charge in [-0.3, -0.25) is 14.4 Å². The lowest BCUT2D eigenvalue weighted by Crippen LogP contribution is -2.41. The Labute approximate surface area is 175 Å². The van der Waals surface area contributed by atoms with Crippen LogP contribution in [-0.2, 0) is 25.7 Å². The number of halogens is 1. The lowest BCUT2D eigenvalue weighted by atomic mass is 10.0. The van der Waals surface area contributed by atoms with Crippen molar-refractivity contribution in [3.05, 3.63) is 34.9 Å². The molecule has 0 saturated heterocycles. The van der Waals surface area contributed by atoms with Crippen LogP contribution in [0.4, 0.5) is 0 Å². The smallest absolute Gasteiger partial charge is 0.320 e. The number of carboxylic acids is 1. The average Bonchev–Trinajstić information content (AvgIpc) is 2.69. The quantitative estimate of drug-likeness (QED) is 0.201. The van der Waals surface area contributed by atoms with Crippen LogP contribution in [-0.4, -0.2) is 42.1 Å². The summed E-state index contributed by atoms with van der Waals surface area (Å²) >= 11 is 5.99. The first-order valence-corrected chi connectivity index (χ1v) is 10.1. The van der Waals surface area contributed by atoms with Crippen molar-refractivity contribution < 1.29 is 24.2 Å². The minimum atomic E-state index is -1.26. The van der Waals surface area contributed by atoms with Gasteiger partial charge >= 0.3 is 11.9 Å². The molecule has 9 heteroatoms. The van der Waals surface area contributed by atoms with Gasteiger partial charge in [0.2, 0.25) is 5.91 Å². The Bertz CT molecular complexity index is 671.